The molecule has 0 aliphatic carbocycles. The molecule has 2 aromatic carbocycles. The number of methoxy groups -OCH3 is 2. The van der Waals surface area contributed by atoms with Crippen molar-refractivity contribution in [2.75, 3.05) is 32.7 Å². The van der Waals surface area contributed by atoms with Crippen LogP contribution in [0.1, 0.15) is 21.5 Å². The molecule has 0 aromatic heterocycles. The van der Waals surface area contributed by atoms with Crippen molar-refractivity contribution in [3.8, 4) is 11.5 Å². The molecule has 0 saturated heterocycles. The van der Waals surface area contributed by atoms with Crippen molar-refractivity contribution in [3.05, 3.63) is 53.1 Å². The van der Waals surface area contributed by atoms with Crippen molar-refractivity contribution in [1.29, 1.82) is 0 Å². The van der Waals surface area contributed by atoms with Gasteiger partial charge in [0, 0.05) is 11.8 Å². The highest BCUT2D eigenvalue weighted by Crippen LogP contribution is 2.23. The Bertz CT molecular complexity index is 888. The monoisotopic (exact) mass is 400 g/mol. The number of anilines is 1. The number of amides is 2. The summed E-state index contributed by atoms with van der Waals surface area (Å²) in [5, 5.41) is 5.14. The van der Waals surface area contributed by atoms with Gasteiger partial charge in [0.2, 0.25) is 5.91 Å². The summed E-state index contributed by atoms with van der Waals surface area (Å²) in [5.41, 5.74) is 2.87. The first-order valence-electron chi connectivity index (χ1n) is 8.87. The fourth-order valence-corrected chi connectivity index (χ4v) is 2.45. The van der Waals surface area contributed by atoms with Crippen LogP contribution in [0, 0.1) is 13.8 Å². The molecule has 2 aromatic rings. The highest BCUT2D eigenvalue weighted by Gasteiger charge is 2.14. The summed E-state index contributed by atoms with van der Waals surface area (Å²) < 4.78 is 15.2. The molecule has 2 N–H and O–H groups in total. The molecule has 0 fully saturated rings. The Labute approximate surface area is 169 Å². The van der Waals surface area contributed by atoms with E-state index >= 15 is 0 Å². The van der Waals surface area contributed by atoms with Crippen LogP contribution < -0.4 is 20.1 Å². The number of benzene rings is 2. The Hall–Kier alpha value is -3.55. The fourth-order valence-electron chi connectivity index (χ4n) is 2.45. The molecule has 29 heavy (non-hydrogen) atoms. The molecule has 0 heterocycles. The zero-order chi connectivity index (χ0) is 21.4. The van der Waals surface area contributed by atoms with E-state index < -0.39 is 18.5 Å². The molecule has 0 bridgehead atoms. The third-order valence-corrected chi connectivity index (χ3v) is 4.25. The second kappa shape index (κ2) is 10.1. The first-order valence-corrected chi connectivity index (χ1v) is 8.87. The maximum atomic E-state index is 12.1. The quantitative estimate of drug-likeness (QED) is 0.659. The summed E-state index contributed by atoms with van der Waals surface area (Å²) in [6.07, 6.45) is 0. The summed E-state index contributed by atoms with van der Waals surface area (Å²) in [4.78, 5) is 36.0. The standard InChI is InChI=1S/C21H24N2O6/c1-13-6-5-7-18(14(13)2)23-19(24)11-22-20(25)12-29-21(26)15-8-16(27-3)10-17(9-15)28-4/h5-10H,11-12H2,1-4H3,(H,22,25)(H,23,24). The molecule has 8 nitrogen and oxygen atoms in total. The van der Waals surface area contributed by atoms with Crippen LogP contribution in [-0.2, 0) is 14.3 Å². The Morgan fingerprint density at radius 2 is 1.59 bits per heavy atom. The number of rotatable bonds is 8. The van der Waals surface area contributed by atoms with Crippen LogP contribution in [0.25, 0.3) is 0 Å². The zero-order valence-corrected chi connectivity index (χ0v) is 16.8. The third-order valence-electron chi connectivity index (χ3n) is 4.25. The summed E-state index contributed by atoms with van der Waals surface area (Å²) in [5.74, 6) is -0.842. The number of hydrogen-bond acceptors (Lipinski definition) is 6. The molecule has 8 heteroatoms. The molecule has 0 aliphatic rings. The van der Waals surface area contributed by atoms with Crippen molar-refractivity contribution in [2.45, 2.75) is 13.8 Å². The fraction of sp³-hybridized carbons (Fsp3) is 0.286. The average Bonchev–Trinajstić information content (AvgIpc) is 2.73. The molecular weight excluding hydrogens is 376 g/mol. The summed E-state index contributed by atoms with van der Waals surface area (Å²) in [6, 6.07) is 10.1. The van der Waals surface area contributed by atoms with Crippen LogP contribution in [0.2, 0.25) is 0 Å². The van der Waals surface area contributed by atoms with Crippen molar-refractivity contribution >= 4 is 23.5 Å². The minimum absolute atomic E-state index is 0.182. The van der Waals surface area contributed by atoms with Gasteiger partial charge in [0.1, 0.15) is 11.5 Å². The number of carbonyl (C=O) groups excluding carboxylic acids is 3. The maximum absolute atomic E-state index is 12.1. The van der Waals surface area contributed by atoms with Crippen molar-refractivity contribution in [1.82, 2.24) is 5.32 Å². The van der Waals surface area contributed by atoms with Crippen molar-refractivity contribution in [3.63, 3.8) is 0 Å². The number of carbonyl (C=O) groups is 3. The van der Waals surface area contributed by atoms with Gasteiger partial charge in [-0.2, -0.15) is 0 Å². The lowest BCUT2D eigenvalue weighted by Crippen LogP contribution is -2.35. The maximum Gasteiger partial charge on any atom is 0.338 e. The van der Waals surface area contributed by atoms with E-state index in [4.69, 9.17) is 14.2 Å². The van der Waals surface area contributed by atoms with Gasteiger partial charge < -0.3 is 24.8 Å². The van der Waals surface area contributed by atoms with Gasteiger partial charge in [-0.1, -0.05) is 12.1 Å². The highest BCUT2D eigenvalue weighted by molar-refractivity contribution is 5.96. The van der Waals surface area contributed by atoms with Crippen molar-refractivity contribution in [2.24, 2.45) is 0 Å². The number of hydrogen-bond donors (Lipinski definition) is 2. The number of esters is 1. The Balaban J connectivity index is 1.83. The highest BCUT2D eigenvalue weighted by atomic mass is 16.5. The number of ether oxygens (including phenoxy) is 3. The topological polar surface area (TPSA) is 103 Å². The van der Waals surface area contributed by atoms with Crippen molar-refractivity contribution < 1.29 is 28.6 Å². The molecule has 0 unspecified atom stereocenters. The minimum Gasteiger partial charge on any atom is -0.497 e. The van der Waals surface area contributed by atoms with Crippen LogP contribution in [0.3, 0.4) is 0 Å². The predicted molar refractivity (Wildman–Crippen MR) is 107 cm³/mol. The average molecular weight is 400 g/mol. The largest absolute Gasteiger partial charge is 0.497 e. The van der Waals surface area contributed by atoms with Gasteiger partial charge in [-0.05, 0) is 43.2 Å². The van der Waals surface area contributed by atoms with Gasteiger partial charge in [0.05, 0.1) is 26.3 Å². The molecular formula is C21H24N2O6. The predicted octanol–water partition coefficient (Wildman–Crippen LogP) is 2.23. The first-order chi connectivity index (χ1) is 13.8. The van der Waals surface area contributed by atoms with Crippen LogP contribution in [-0.4, -0.2) is 45.2 Å². The first kappa shape index (κ1) is 21.7. The molecule has 2 rings (SSSR count). The Morgan fingerprint density at radius 1 is 0.931 bits per heavy atom. The number of nitrogens with one attached hydrogen (secondary N) is 2. The van der Waals surface area contributed by atoms with E-state index in [1.54, 1.807) is 12.1 Å². The van der Waals surface area contributed by atoms with Crippen LogP contribution in [0.4, 0.5) is 5.69 Å². The van der Waals surface area contributed by atoms with Gasteiger partial charge in [0.25, 0.3) is 5.91 Å². The van der Waals surface area contributed by atoms with E-state index in [1.165, 1.54) is 26.4 Å². The molecule has 154 valence electrons. The third kappa shape index (κ3) is 6.24. The Kier molecular flexibility index (Phi) is 7.59. The normalized spacial score (nSPS) is 10.1. The molecule has 0 saturated carbocycles. The summed E-state index contributed by atoms with van der Waals surface area (Å²) in [6.45, 7) is 3.08. The van der Waals surface area contributed by atoms with E-state index in [-0.39, 0.29) is 18.0 Å². The van der Waals surface area contributed by atoms with E-state index in [9.17, 15) is 14.4 Å². The lowest BCUT2D eigenvalue weighted by atomic mass is 10.1. The minimum atomic E-state index is -0.711. The zero-order valence-electron chi connectivity index (χ0n) is 16.8. The van der Waals surface area contributed by atoms with E-state index in [1.807, 2.05) is 26.0 Å². The second-order valence-corrected chi connectivity index (χ2v) is 6.25. The van der Waals surface area contributed by atoms with Gasteiger partial charge in [-0.25, -0.2) is 4.79 Å². The summed E-state index contributed by atoms with van der Waals surface area (Å²) in [7, 11) is 2.92. The summed E-state index contributed by atoms with van der Waals surface area (Å²) >= 11 is 0. The van der Waals surface area contributed by atoms with E-state index in [2.05, 4.69) is 10.6 Å². The smallest absolute Gasteiger partial charge is 0.338 e. The van der Waals surface area contributed by atoms with E-state index in [0.29, 0.717) is 17.2 Å². The molecule has 0 atom stereocenters. The lowest BCUT2D eigenvalue weighted by molar-refractivity contribution is -0.126. The SMILES string of the molecule is COc1cc(OC)cc(C(=O)OCC(=O)NCC(=O)Nc2cccc(C)c2C)c1. The van der Waals surface area contributed by atoms with Gasteiger partial charge in [-0.3, -0.25) is 9.59 Å². The molecule has 0 radical (unpaired) electrons. The van der Waals surface area contributed by atoms with Crippen LogP contribution in [0.15, 0.2) is 36.4 Å². The van der Waals surface area contributed by atoms with Gasteiger partial charge in [0.15, 0.2) is 6.61 Å². The molecule has 2 amide bonds. The second-order valence-electron chi connectivity index (χ2n) is 6.25. The molecule has 0 spiro atoms. The van der Waals surface area contributed by atoms with Crippen LogP contribution >= 0.6 is 0 Å². The molecule has 0 aliphatic heterocycles. The Morgan fingerprint density at radius 3 is 2.21 bits per heavy atom. The van der Waals surface area contributed by atoms with E-state index in [0.717, 1.165) is 11.1 Å². The van der Waals surface area contributed by atoms with Crippen LogP contribution in [0.5, 0.6) is 11.5 Å². The van der Waals surface area contributed by atoms with Gasteiger partial charge >= 0.3 is 5.97 Å². The van der Waals surface area contributed by atoms with Gasteiger partial charge in [-0.15, -0.1) is 0 Å². The number of aryl methyl sites for hydroxylation is 1. The lowest BCUT2D eigenvalue weighted by Gasteiger charge is -2.11.